The Bertz CT molecular complexity index is 814. The van der Waals surface area contributed by atoms with Crippen LogP contribution in [0.4, 0.5) is 5.82 Å². The van der Waals surface area contributed by atoms with Gasteiger partial charge < -0.3 is 9.73 Å². The highest BCUT2D eigenvalue weighted by Gasteiger charge is 2.13. The monoisotopic (exact) mass is 283 g/mol. The fourth-order valence-electron chi connectivity index (χ4n) is 2.37. The molecule has 0 radical (unpaired) electrons. The average molecular weight is 283 g/mol. The maximum Gasteiger partial charge on any atom is 0.230 e. The Labute approximate surface area is 122 Å². The summed E-state index contributed by atoms with van der Waals surface area (Å²) in [6.07, 6.45) is 3.72. The molecule has 0 atom stereocenters. The topological polar surface area (TPSA) is 60.1 Å². The molecule has 0 fully saturated rings. The first-order valence-corrected chi connectivity index (χ1v) is 6.80. The molecule has 0 unspecified atom stereocenters. The first-order chi connectivity index (χ1) is 10.0. The van der Waals surface area contributed by atoms with Gasteiger partial charge in [0.1, 0.15) is 5.58 Å². The van der Waals surface area contributed by atoms with E-state index in [4.69, 9.17) is 4.42 Å². The number of hydrogen-bond acceptors (Lipinski definition) is 3. The zero-order chi connectivity index (χ0) is 15.0. The number of nitrogens with zero attached hydrogens (tertiary/aromatic N) is 2. The Balaban J connectivity index is 1.82. The van der Waals surface area contributed by atoms with Gasteiger partial charge in [-0.05, 0) is 25.0 Å². The van der Waals surface area contributed by atoms with Gasteiger partial charge in [-0.1, -0.05) is 12.1 Å². The van der Waals surface area contributed by atoms with Crippen LogP contribution in [-0.4, -0.2) is 15.7 Å². The fourth-order valence-corrected chi connectivity index (χ4v) is 2.37. The van der Waals surface area contributed by atoms with Crippen molar-refractivity contribution in [2.24, 2.45) is 7.05 Å². The van der Waals surface area contributed by atoms with Gasteiger partial charge in [0.15, 0.2) is 5.82 Å². The molecule has 0 bridgehead atoms. The highest BCUT2D eigenvalue weighted by molar-refractivity contribution is 5.95. The third kappa shape index (κ3) is 2.54. The Hall–Kier alpha value is -2.56. The Morgan fingerprint density at radius 1 is 1.33 bits per heavy atom. The Morgan fingerprint density at radius 2 is 2.14 bits per heavy atom. The molecule has 0 spiro atoms. The molecular formula is C16H17N3O2. The first-order valence-electron chi connectivity index (χ1n) is 6.80. The molecule has 108 valence electrons. The van der Waals surface area contributed by atoms with E-state index in [9.17, 15) is 4.79 Å². The lowest BCUT2D eigenvalue weighted by Crippen LogP contribution is -2.14. The van der Waals surface area contributed by atoms with Crippen molar-refractivity contribution in [1.29, 1.82) is 0 Å². The molecule has 21 heavy (non-hydrogen) atoms. The lowest BCUT2D eigenvalue weighted by molar-refractivity contribution is -0.115. The lowest BCUT2D eigenvalue weighted by Gasteiger charge is -2.02. The number of benzene rings is 1. The summed E-state index contributed by atoms with van der Waals surface area (Å²) in [5.41, 5.74) is 4.04. The van der Waals surface area contributed by atoms with Crippen molar-refractivity contribution in [1.82, 2.24) is 9.78 Å². The highest BCUT2D eigenvalue weighted by Crippen LogP contribution is 2.26. The summed E-state index contributed by atoms with van der Waals surface area (Å²) >= 11 is 0. The minimum atomic E-state index is -0.102. The van der Waals surface area contributed by atoms with Crippen molar-refractivity contribution in [2.75, 3.05) is 5.32 Å². The predicted octanol–water partition coefficient (Wildman–Crippen LogP) is 2.96. The number of carbonyl (C=O) groups excluding carboxylic acids is 1. The number of hydrogen-bond donors (Lipinski definition) is 1. The maximum absolute atomic E-state index is 12.1. The second-order valence-electron chi connectivity index (χ2n) is 5.24. The standard InChI is InChI=1S/C16H17N3O2/c1-10-4-5-13-12(9-21-16(13)11(10)2)8-15(20)17-14-6-7-19(3)18-14/h4-7,9H,8H2,1-3H3,(H,17,18,20). The number of nitrogens with one attached hydrogen (secondary N) is 1. The minimum Gasteiger partial charge on any atom is -0.464 e. The number of anilines is 1. The molecule has 0 aliphatic carbocycles. The van der Waals surface area contributed by atoms with Crippen LogP contribution in [0.15, 0.2) is 35.1 Å². The van der Waals surface area contributed by atoms with Crippen molar-refractivity contribution < 1.29 is 9.21 Å². The molecule has 2 heterocycles. The molecule has 0 aliphatic rings. The van der Waals surface area contributed by atoms with Crippen molar-refractivity contribution >= 4 is 22.7 Å². The van der Waals surface area contributed by atoms with Gasteiger partial charge in [0.05, 0.1) is 12.7 Å². The number of carbonyl (C=O) groups is 1. The molecule has 0 saturated carbocycles. The number of aromatic nitrogens is 2. The van der Waals surface area contributed by atoms with Crippen molar-refractivity contribution in [3.8, 4) is 0 Å². The predicted molar refractivity (Wildman–Crippen MR) is 81.2 cm³/mol. The number of fused-ring (bicyclic) bond motifs is 1. The van der Waals surface area contributed by atoms with Crippen molar-refractivity contribution in [2.45, 2.75) is 20.3 Å². The summed E-state index contributed by atoms with van der Waals surface area (Å²) in [5.74, 6) is 0.456. The van der Waals surface area contributed by atoms with Gasteiger partial charge in [-0.25, -0.2) is 0 Å². The van der Waals surface area contributed by atoms with Crippen LogP contribution in [0.2, 0.25) is 0 Å². The quantitative estimate of drug-likeness (QED) is 0.804. The molecule has 2 aromatic heterocycles. The molecule has 0 aliphatic heterocycles. The fraction of sp³-hybridized carbons (Fsp3) is 0.250. The highest BCUT2D eigenvalue weighted by atomic mass is 16.3. The first kappa shape index (κ1) is 13.4. The Kier molecular flexibility index (Phi) is 3.25. The number of aryl methyl sites for hydroxylation is 3. The molecular weight excluding hydrogens is 266 g/mol. The third-order valence-corrected chi connectivity index (χ3v) is 3.67. The zero-order valence-electron chi connectivity index (χ0n) is 12.3. The van der Waals surface area contributed by atoms with Gasteiger partial charge in [0, 0.05) is 30.3 Å². The Morgan fingerprint density at radius 3 is 2.86 bits per heavy atom. The second kappa shape index (κ2) is 5.09. The van der Waals surface area contributed by atoms with Crippen molar-refractivity contribution in [3.05, 3.63) is 47.3 Å². The molecule has 3 aromatic rings. The summed E-state index contributed by atoms with van der Waals surface area (Å²) in [6, 6.07) is 5.82. The van der Waals surface area contributed by atoms with E-state index >= 15 is 0 Å². The number of furan rings is 1. The van der Waals surface area contributed by atoms with E-state index in [0.717, 1.165) is 22.1 Å². The second-order valence-corrected chi connectivity index (χ2v) is 5.24. The van der Waals surface area contributed by atoms with Gasteiger partial charge in [-0.15, -0.1) is 0 Å². The SMILES string of the molecule is Cc1ccc2c(CC(=O)Nc3ccn(C)n3)coc2c1C. The van der Waals surface area contributed by atoms with Crippen LogP contribution in [0.5, 0.6) is 0 Å². The number of amides is 1. The lowest BCUT2D eigenvalue weighted by atomic mass is 10.0. The van der Waals surface area contributed by atoms with E-state index in [2.05, 4.69) is 10.4 Å². The van der Waals surface area contributed by atoms with Crippen LogP contribution in [0.25, 0.3) is 11.0 Å². The van der Waals surface area contributed by atoms with Gasteiger partial charge in [0.25, 0.3) is 0 Å². The molecule has 5 heteroatoms. The van der Waals surface area contributed by atoms with Crippen molar-refractivity contribution in [3.63, 3.8) is 0 Å². The largest absolute Gasteiger partial charge is 0.464 e. The van der Waals surface area contributed by atoms with Crippen LogP contribution >= 0.6 is 0 Å². The van der Waals surface area contributed by atoms with Gasteiger partial charge in [-0.3, -0.25) is 9.48 Å². The summed E-state index contributed by atoms with van der Waals surface area (Å²) in [6.45, 7) is 4.07. The van der Waals surface area contributed by atoms with Crippen LogP contribution in [-0.2, 0) is 18.3 Å². The van der Waals surface area contributed by atoms with Crippen LogP contribution in [0.3, 0.4) is 0 Å². The summed E-state index contributed by atoms with van der Waals surface area (Å²) in [5, 5.41) is 7.90. The van der Waals surface area contributed by atoms with E-state index in [-0.39, 0.29) is 12.3 Å². The minimum absolute atomic E-state index is 0.102. The van der Waals surface area contributed by atoms with E-state index in [0.29, 0.717) is 5.82 Å². The van der Waals surface area contributed by atoms with Crippen LogP contribution < -0.4 is 5.32 Å². The maximum atomic E-state index is 12.1. The zero-order valence-corrected chi connectivity index (χ0v) is 12.3. The molecule has 0 saturated heterocycles. The summed E-state index contributed by atoms with van der Waals surface area (Å²) < 4.78 is 7.26. The average Bonchev–Trinajstić information content (AvgIpc) is 3.01. The molecule has 3 rings (SSSR count). The van der Waals surface area contributed by atoms with Gasteiger partial charge >= 0.3 is 0 Å². The van der Waals surface area contributed by atoms with E-state index in [1.165, 1.54) is 5.56 Å². The molecule has 1 N–H and O–H groups in total. The van der Waals surface area contributed by atoms with Crippen LogP contribution in [0, 0.1) is 13.8 Å². The smallest absolute Gasteiger partial charge is 0.230 e. The summed E-state index contributed by atoms with van der Waals surface area (Å²) in [4.78, 5) is 12.1. The normalized spacial score (nSPS) is 11.0. The van der Waals surface area contributed by atoms with Gasteiger partial charge in [0.2, 0.25) is 5.91 Å². The van der Waals surface area contributed by atoms with E-state index < -0.39 is 0 Å². The molecule has 5 nitrogen and oxygen atoms in total. The third-order valence-electron chi connectivity index (χ3n) is 3.67. The number of rotatable bonds is 3. The molecule has 1 aromatic carbocycles. The van der Waals surface area contributed by atoms with E-state index in [1.807, 2.05) is 33.0 Å². The van der Waals surface area contributed by atoms with Crippen LogP contribution in [0.1, 0.15) is 16.7 Å². The molecule has 1 amide bonds. The summed E-state index contributed by atoms with van der Waals surface area (Å²) in [7, 11) is 1.81. The van der Waals surface area contributed by atoms with E-state index in [1.54, 1.807) is 23.2 Å². The van der Waals surface area contributed by atoms with Gasteiger partial charge in [-0.2, -0.15) is 5.10 Å².